The molecule has 2 aromatic rings. The van der Waals surface area contributed by atoms with Gasteiger partial charge in [-0.25, -0.2) is 4.79 Å². The minimum absolute atomic E-state index is 0.0605. The first-order valence-corrected chi connectivity index (χ1v) is 9.63. The molecule has 0 spiro atoms. The lowest BCUT2D eigenvalue weighted by Gasteiger charge is -2.16. The SMILES string of the molecule is Cc1cc(C)cc(Oc2[nH]c(=O)n(CCC3CC=CC3)c(=O)c2C(C)C)c1. The molecule has 1 N–H and O–H groups in total. The van der Waals surface area contributed by atoms with Crippen LogP contribution < -0.4 is 16.0 Å². The van der Waals surface area contributed by atoms with E-state index in [1.165, 1.54) is 4.57 Å². The molecule has 0 fully saturated rings. The molecule has 1 aromatic heterocycles. The molecule has 0 radical (unpaired) electrons. The maximum atomic E-state index is 13.0. The first-order chi connectivity index (χ1) is 12.8. The van der Waals surface area contributed by atoms with Gasteiger partial charge in [0.05, 0.1) is 5.56 Å². The van der Waals surface area contributed by atoms with Gasteiger partial charge in [-0.1, -0.05) is 32.1 Å². The number of hydrogen-bond donors (Lipinski definition) is 1. The van der Waals surface area contributed by atoms with Gasteiger partial charge < -0.3 is 4.74 Å². The second kappa shape index (κ2) is 7.99. The van der Waals surface area contributed by atoms with Crippen LogP contribution in [0.25, 0.3) is 0 Å². The van der Waals surface area contributed by atoms with Gasteiger partial charge in [0.1, 0.15) is 5.75 Å². The standard InChI is InChI=1S/C22H28N2O3/c1-14(2)19-20(27-18-12-15(3)11-16(4)13-18)23-22(26)24(21(19)25)10-9-17-7-5-6-8-17/h5-6,11-14,17H,7-10H2,1-4H3,(H,23,26). The molecule has 0 amide bonds. The van der Waals surface area contributed by atoms with Crippen molar-refractivity contribution < 1.29 is 4.74 Å². The summed E-state index contributed by atoms with van der Waals surface area (Å²) < 4.78 is 7.27. The molecule has 0 unspecified atom stereocenters. The number of ether oxygens (including phenoxy) is 1. The van der Waals surface area contributed by atoms with Crippen LogP contribution in [0.4, 0.5) is 0 Å². The third kappa shape index (κ3) is 4.41. The molecule has 1 aliphatic rings. The highest BCUT2D eigenvalue weighted by molar-refractivity contribution is 5.37. The number of nitrogens with one attached hydrogen (secondary N) is 1. The summed E-state index contributed by atoms with van der Waals surface area (Å²) in [5, 5.41) is 0. The molecule has 5 nitrogen and oxygen atoms in total. The summed E-state index contributed by atoms with van der Waals surface area (Å²) in [6.07, 6.45) is 7.20. The van der Waals surface area contributed by atoms with Crippen LogP contribution in [0.5, 0.6) is 11.6 Å². The second-order valence-corrected chi connectivity index (χ2v) is 7.81. The normalized spacial score (nSPS) is 14.3. The minimum atomic E-state index is -0.408. The Morgan fingerprint density at radius 2 is 1.74 bits per heavy atom. The molecule has 0 bridgehead atoms. The summed E-state index contributed by atoms with van der Waals surface area (Å²) in [6, 6.07) is 5.84. The average molecular weight is 368 g/mol. The lowest BCUT2D eigenvalue weighted by Crippen LogP contribution is -2.38. The second-order valence-electron chi connectivity index (χ2n) is 7.81. The van der Waals surface area contributed by atoms with Crippen molar-refractivity contribution in [2.45, 2.75) is 59.4 Å². The van der Waals surface area contributed by atoms with Gasteiger partial charge in [0.25, 0.3) is 5.56 Å². The summed E-state index contributed by atoms with van der Waals surface area (Å²) in [4.78, 5) is 28.4. The van der Waals surface area contributed by atoms with Crippen molar-refractivity contribution in [2.75, 3.05) is 0 Å². The van der Waals surface area contributed by atoms with E-state index in [4.69, 9.17) is 4.74 Å². The Kier molecular flexibility index (Phi) is 5.68. The van der Waals surface area contributed by atoms with E-state index in [2.05, 4.69) is 23.2 Å². The zero-order valence-electron chi connectivity index (χ0n) is 16.5. The van der Waals surface area contributed by atoms with Crippen LogP contribution >= 0.6 is 0 Å². The highest BCUT2D eigenvalue weighted by Gasteiger charge is 2.20. The number of allylic oxidation sites excluding steroid dienone is 2. The zero-order chi connectivity index (χ0) is 19.6. The third-order valence-corrected chi connectivity index (χ3v) is 5.04. The molecule has 0 atom stereocenters. The average Bonchev–Trinajstić information content (AvgIpc) is 3.06. The summed E-state index contributed by atoms with van der Waals surface area (Å²) in [5.41, 5.74) is 1.99. The van der Waals surface area contributed by atoms with Gasteiger partial charge in [-0.3, -0.25) is 14.3 Å². The fourth-order valence-corrected chi connectivity index (χ4v) is 3.69. The molecular weight excluding hydrogens is 340 g/mol. The van der Waals surface area contributed by atoms with E-state index in [0.717, 1.165) is 30.4 Å². The van der Waals surface area contributed by atoms with Crippen molar-refractivity contribution in [3.63, 3.8) is 0 Å². The number of hydrogen-bond acceptors (Lipinski definition) is 3. The fraction of sp³-hybridized carbons (Fsp3) is 0.455. The lowest BCUT2D eigenvalue weighted by molar-refractivity contribution is 0.422. The summed E-state index contributed by atoms with van der Waals surface area (Å²) in [6.45, 7) is 8.29. The molecule has 1 heterocycles. The molecule has 0 saturated carbocycles. The number of nitrogens with zero attached hydrogens (tertiary/aromatic N) is 1. The Morgan fingerprint density at radius 3 is 2.33 bits per heavy atom. The van der Waals surface area contributed by atoms with Gasteiger partial charge in [0.15, 0.2) is 0 Å². The summed E-state index contributed by atoms with van der Waals surface area (Å²) in [7, 11) is 0. The quantitative estimate of drug-likeness (QED) is 0.768. The highest BCUT2D eigenvalue weighted by atomic mass is 16.5. The smallest absolute Gasteiger partial charge is 0.331 e. The molecule has 1 aromatic carbocycles. The summed E-state index contributed by atoms with van der Waals surface area (Å²) >= 11 is 0. The van der Waals surface area contributed by atoms with Crippen LogP contribution in [0.1, 0.15) is 55.7 Å². The van der Waals surface area contributed by atoms with E-state index < -0.39 is 5.69 Å². The maximum Gasteiger partial charge on any atom is 0.331 e. The molecule has 3 rings (SSSR count). The van der Waals surface area contributed by atoms with Crippen molar-refractivity contribution in [2.24, 2.45) is 5.92 Å². The Balaban J connectivity index is 1.94. The number of aromatic amines is 1. The number of aromatic nitrogens is 2. The molecule has 27 heavy (non-hydrogen) atoms. The first-order valence-electron chi connectivity index (χ1n) is 9.63. The molecule has 5 heteroatoms. The third-order valence-electron chi connectivity index (χ3n) is 5.04. The van der Waals surface area contributed by atoms with E-state index in [1.54, 1.807) is 0 Å². The van der Waals surface area contributed by atoms with Gasteiger partial charge in [-0.15, -0.1) is 0 Å². The van der Waals surface area contributed by atoms with E-state index in [1.807, 2.05) is 39.8 Å². The predicted octanol–water partition coefficient (Wildman–Crippen LogP) is 4.43. The van der Waals surface area contributed by atoms with E-state index >= 15 is 0 Å². The lowest BCUT2D eigenvalue weighted by atomic mass is 10.0. The van der Waals surface area contributed by atoms with E-state index in [0.29, 0.717) is 23.8 Å². The van der Waals surface area contributed by atoms with Crippen molar-refractivity contribution in [3.8, 4) is 11.6 Å². The number of benzene rings is 1. The van der Waals surface area contributed by atoms with Crippen LogP contribution in [-0.2, 0) is 6.54 Å². The fourth-order valence-electron chi connectivity index (χ4n) is 3.69. The molecule has 0 saturated heterocycles. The van der Waals surface area contributed by atoms with Crippen LogP contribution in [0.3, 0.4) is 0 Å². The van der Waals surface area contributed by atoms with Crippen LogP contribution in [-0.4, -0.2) is 9.55 Å². The highest BCUT2D eigenvalue weighted by Crippen LogP contribution is 2.27. The van der Waals surface area contributed by atoms with Gasteiger partial charge in [-0.05, 0) is 68.2 Å². The monoisotopic (exact) mass is 368 g/mol. The van der Waals surface area contributed by atoms with Crippen molar-refractivity contribution in [1.82, 2.24) is 9.55 Å². The van der Waals surface area contributed by atoms with E-state index in [9.17, 15) is 9.59 Å². The molecule has 1 aliphatic carbocycles. The van der Waals surface area contributed by atoms with Gasteiger partial charge in [0.2, 0.25) is 5.88 Å². The Hall–Kier alpha value is -2.56. The van der Waals surface area contributed by atoms with Crippen molar-refractivity contribution >= 4 is 0 Å². The zero-order valence-corrected chi connectivity index (χ0v) is 16.5. The number of H-pyrrole nitrogens is 1. The van der Waals surface area contributed by atoms with Gasteiger partial charge in [-0.2, -0.15) is 0 Å². The molecule has 0 aliphatic heterocycles. The van der Waals surface area contributed by atoms with Crippen molar-refractivity contribution in [1.29, 1.82) is 0 Å². The van der Waals surface area contributed by atoms with Gasteiger partial charge in [0, 0.05) is 6.54 Å². The van der Waals surface area contributed by atoms with Crippen LogP contribution in [0.2, 0.25) is 0 Å². The van der Waals surface area contributed by atoms with Crippen LogP contribution in [0.15, 0.2) is 39.9 Å². The van der Waals surface area contributed by atoms with Crippen molar-refractivity contribution in [3.05, 3.63) is 67.9 Å². The minimum Gasteiger partial charge on any atom is -0.440 e. The Bertz CT molecular complexity index is 938. The van der Waals surface area contributed by atoms with Crippen LogP contribution in [0, 0.1) is 19.8 Å². The Labute approximate surface area is 159 Å². The van der Waals surface area contributed by atoms with E-state index in [-0.39, 0.29) is 17.4 Å². The maximum absolute atomic E-state index is 13.0. The Morgan fingerprint density at radius 1 is 1.11 bits per heavy atom. The largest absolute Gasteiger partial charge is 0.440 e. The number of aryl methyl sites for hydroxylation is 2. The number of rotatable bonds is 6. The summed E-state index contributed by atoms with van der Waals surface area (Å²) in [5.74, 6) is 1.34. The predicted molar refractivity (Wildman–Crippen MR) is 108 cm³/mol. The molecule has 144 valence electrons. The topological polar surface area (TPSA) is 64.1 Å². The first kappa shape index (κ1) is 19.2. The van der Waals surface area contributed by atoms with Gasteiger partial charge >= 0.3 is 5.69 Å². The molecular formula is C22H28N2O3.